The number of carbonyl (C=O) groups is 1. The number of aromatic nitrogens is 3. The number of hydrogen-bond acceptors (Lipinski definition) is 6. The third kappa shape index (κ3) is 4.24. The lowest BCUT2D eigenvalue weighted by Gasteiger charge is -2.33. The van der Waals surface area contributed by atoms with Gasteiger partial charge in [0, 0.05) is 55.6 Å². The quantitative estimate of drug-likeness (QED) is 0.652. The van der Waals surface area contributed by atoms with Gasteiger partial charge in [-0.1, -0.05) is 25.3 Å². The average Bonchev–Trinajstić information content (AvgIpc) is 3.44. The van der Waals surface area contributed by atoms with Gasteiger partial charge in [0.05, 0.1) is 24.9 Å². The zero-order valence-corrected chi connectivity index (χ0v) is 18.7. The van der Waals surface area contributed by atoms with Crippen molar-refractivity contribution < 1.29 is 9.53 Å². The first kappa shape index (κ1) is 20.6. The van der Waals surface area contributed by atoms with E-state index in [1.165, 1.54) is 49.0 Å². The molecule has 31 heavy (non-hydrogen) atoms. The van der Waals surface area contributed by atoms with Crippen LogP contribution in [0, 0.1) is 0 Å². The van der Waals surface area contributed by atoms with E-state index in [9.17, 15) is 4.79 Å². The van der Waals surface area contributed by atoms with Gasteiger partial charge < -0.3 is 10.1 Å². The summed E-state index contributed by atoms with van der Waals surface area (Å²) in [6, 6.07) is 4.52. The summed E-state index contributed by atoms with van der Waals surface area (Å²) >= 11 is 1.44. The van der Waals surface area contributed by atoms with Crippen LogP contribution in [0.2, 0.25) is 0 Å². The van der Waals surface area contributed by atoms with Gasteiger partial charge in [-0.2, -0.15) is 5.10 Å². The van der Waals surface area contributed by atoms with Crippen molar-refractivity contribution in [1.29, 1.82) is 0 Å². The Bertz CT molecular complexity index is 1060. The maximum Gasteiger partial charge on any atom is 0.261 e. The summed E-state index contributed by atoms with van der Waals surface area (Å²) in [5.41, 5.74) is 2.21. The van der Waals surface area contributed by atoms with Gasteiger partial charge in [-0.25, -0.2) is 4.98 Å². The fourth-order valence-corrected chi connectivity index (χ4v) is 5.98. The molecule has 5 rings (SSSR count). The van der Waals surface area contributed by atoms with Crippen LogP contribution in [0.3, 0.4) is 0 Å². The number of nitrogens with one attached hydrogen (secondary N) is 1. The number of ether oxygens (including phenoxy) is 1. The van der Waals surface area contributed by atoms with E-state index in [4.69, 9.17) is 4.74 Å². The van der Waals surface area contributed by atoms with Crippen LogP contribution >= 0.6 is 11.3 Å². The highest BCUT2D eigenvalue weighted by atomic mass is 32.1. The molecule has 1 amide bonds. The Hall–Kier alpha value is -2.29. The van der Waals surface area contributed by atoms with Crippen LogP contribution < -0.4 is 5.32 Å². The van der Waals surface area contributed by atoms with Gasteiger partial charge in [-0.15, -0.1) is 11.3 Å². The second-order valence-electron chi connectivity index (χ2n) is 8.50. The highest BCUT2D eigenvalue weighted by molar-refractivity contribution is 7.20. The molecule has 3 aromatic heterocycles. The Morgan fingerprint density at radius 3 is 3.03 bits per heavy atom. The number of pyridine rings is 1. The first-order valence-corrected chi connectivity index (χ1v) is 12.0. The maximum absolute atomic E-state index is 12.6. The van der Waals surface area contributed by atoms with E-state index in [0.717, 1.165) is 35.4 Å². The van der Waals surface area contributed by atoms with Gasteiger partial charge in [0.25, 0.3) is 5.91 Å². The molecule has 0 unspecified atom stereocenters. The highest BCUT2D eigenvalue weighted by Gasteiger charge is 2.30. The fourth-order valence-electron chi connectivity index (χ4n) is 4.84. The van der Waals surface area contributed by atoms with E-state index >= 15 is 0 Å². The molecule has 1 N–H and O–H groups in total. The first-order valence-electron chi connectivity index (χ1n) is 11.2. The number of morpholine rings is 1. The number of amides is 1. The molecule has 2 aliphatic rings. The molecular weight excluding hydrogens is 410 g/mol. The van der Waals surface area contributed by atoms with Crippen molar-refractivity contribution in [1.82, 2.24) is 25.0 Å². The number of rotatable bonds is 5. The molecule has 0 bridgehead atoms. The van der Waals surface area contributed by atoms with E-state index in [1.807, 2.05) is 18.3 Å². The third-order valence-corrected chi connectivity index (χ3v) is 7.55. The molecule has 0 spiro atoms. The second kappa shape index (κ2) is 9.06. The van der Waals surface area contributed by atoms with Gasteiger partial charge in [0.15, 0.2) is 0 Å². The molecule has 4 heterocycles. The number of thiophene rings is 1. The number of fused-ring (bicyclic) bond motifs is 1. The van der Waals surface area contributed by atoms with Crippen LogP contribution in [0.5, 0.6) is 0 Å². The van der Waals surface area contributed by atoms with Crippen molar-refractivity contribution in [2.45, 2.75) is 50.8 Å². The molecule has 8 heteroatoms. The van der Waals surface area contributed by atoms with Gasteiger partial charge in [-0.05, 0) is 18.9 Å². The molecule has 1 atom stereocenters. The van der Waals surface area contributed by atoms with Crippen LogP contribution in [-0.4, -0.2) is 52.3 Å². The van der Waals surface area contributed by atoms with E-state index < -0.39 is 0 Å². The molecule has 164 valence electrons. The molecular formula is C23H29N5O2S. The molecule has 1 aliphatic carbocycles. The van der Waals surface area contributed by atoms with Crippen LogP contribution in [0.1, 0.15) is 65.0 Å². The molecule has 1 saturated carbocycles. The van der Waals surface area contributed by atoms with Gasteiger partial charge >= 0.3 is 0 Å². The molecule has 7 nitrogen and oxygen atoms in total. The van der Waals surface area contributed by atoms with E-state index in [0.29, 0.717) is 17.5 Å². The van der Waals surface area contributed by atoms with Gasteiger partial charge in [-0.3, -0.25) is 14.4 Å². The number of carbonyl (C=O) groups excluding carboxylic acids is 1. The smallest absolute Gasteiger partial charge is 0.261 e. The minimum Gasteiger partial charge on any atom is -0.371 e. The van der Waals surface area contributed by atoms with E-state index in [2.05, 4.69) is 31.2 Å². The molecule has 1 saturated heterocycles. The van der Waals surface area contributed by atoms with Crippen molar-refractivity contribution in [3.05, 3.63) is 46.7 Å². The Labute approximate surface area is 186 Å². The summed E-state index contributed by atoms with van der Waals surface area (Å²) in [6.45, 7) is 3.12. The zero-order valence-electron chi connectivity index (χ0n) is 17.9. The summed E-state index contributed by atoms with van der Waals surface area (Å²) in [5, 5.41) is 8.45. The Morgan fingerprint density at radius 2 is 2.19 bits per heavy atom. The predicted molar refractivity (Wildman–Crippen MR) is 121 cm³/mol. The van der Waals surface area contributed by atoms with Crippen molar-refractivity contribution in [2.24, 2.45) is 0 Å². The van der Waals surface area contributed by atoms with Crippen LogP contribution in [0.25, 0.3) is 10.2 Å². The standard InChI is InChI=1S/C23H29N5O2S/c1-24-22(29)21-20(18-8-5-9-25-23(18)31-21)19-15-27(10-11-30-19)13-16-12-26-28(14-16)17-6-3-2-4-7-17/h5,8-9,12,14,17,19H,2-4,6-7,10-11,13,15H2,1H3,(H,24,29)/t19-/m1/s1. The summed E-state index contributed by atoms with van der Waals surface area (Å²) < 4.78 is 8.35. The van der Waals surface area contributed by atoms with Gasteiger partial charge in [0.2, 0.25) is 0 Å². The van der Waals surface area contributed by atoms with Crippen LogP contribution in [-0.2, 0) is 11.3 Å². The minimum absolute atomic E-state index is 0.0764. The molecule has 0 aromatic carbocycles. The van der Waals surface area contributed by atoms with Crippen molar-refractivity contribution in [3.8, 4) is 0 Å². The number of nitrogens with zero attached hydrogens (tertiary/aromatic N) is 4. The SMILES string of the molecule is CNC(=O)c1sc2ncccc2c1[C@H]1CN(Cc2cnn(C3CCCCC3)c2)CCO1. The van der Waals surface area contributed by atoms with E-state index in [1.54, 1.807) is 13.2 Å². The lowest BCUT2D eigenvalue weighted by molar-refractivity contribution is -0.0323. The van der Waals surface area contributed by atoms with Crippen molar-refractivity contribution in [3.63, 3.8) is 0 Å². The van der Waals surface area contributed by atoms with Crippen LogP contribution in [0.15, 0.2) is 30.7 Å². The van der Waals surface area contributed by atoms with Crippen LogP contribution in [0.4, 0.5) is 0 Å². The van der Waals surface area contributed by atoms with Crippen molar-refractivity contribution in [2.75, 3.05) is 26.7 Å². The molecule has 2 fully saturated rings. The highest BCUT2D eigenvalue weighted by Crippen LogP contribution is 2.37. The summed E-state index contributed by atoms with van der Waals surface area (Å²) in [5.74, 6) is -0.0764. The summed E-state index contributed by atoms with van der Waals surface area (Å²) in [4.78, 5) is 21.0. The third-order valence-electron chi connectivity index (χ3n) is 6.42. The fraction of sp³-hybridized carbons (Fsp3) is 0.522. The average molecular weight is 440 g/mol. The monoisotopic (exact) mass is 439 g/mol. The first-order chi connectivity index (χ1) is 15.2. The Kier molecular flexibility index (Phi) is 6.02. The lowest BCUT2D eigenvalue weighted by atomic mass is 9.96. The Morgan fingerprint density at radius 1 is 1.32 bits per heavy atom. The van der Waals surface area contributed by atoms with Crippen molar-refractivity contribution >= 4 is 27.5 Å². The largest absolute Gasteiger partial charge is 0.371 e. The topological polar surface area (TPSA) is 72.3 Å². The normalized spacial score (nSPS) is 20.9. The molecule has 3 aromatic rings. The van der Waals surface area contributed by atoms with Gasteiger partial charge in [0.1, 0.15) is 9.71 Å². The zero-order chi connectivity index (χ0) is 21.2. The summed E-state index contributed by atoms with van der Waals surface area (Å²) in [6.07, 6.45) is 12.3. The maximum atomic E-state index is 12.6. The lowest BCUT2D eigenvalue weighted by Crippen LogP contribution is -2.38. The second-order valence-corrected chi connectivity index (χ2v) is 9.49. The molecule has 1 aliphatic heterocycles. The molecule has 0 radical (unpaired) electrons. The minimum atomic E-state index is -0.146. The van der Waals surface area contributed by atoms with E-state index in [-0.39, 0.29) is 12.0 Å². The summed E-state index contributed by atoms with van der Waals surface area (Å²) in [7, 11) is 1.67. The predicted octanol–water partition coefficient (Wildman–Crippen LogP) is 3.93. The number of hydrogen-bond donors (Lipinski definition) is 1. The Balaban J connectivity index is 1.34.